The van der Waals surface area contributed by atoms with Gasteiger partial charge in [0.2, 0.25) is 17.6 Å². The molecule has 4 saturated carbocycles. The first-order chi connectivity index (χ1) is 23.7. The summed E-state index contributed by atoms with van der Waals surface area (Å²) in [6.45, 7) is 0. The third-order valence-electron chi connectivity index (χ3n) is 14.4. The summed E-state index contributed by atoms with van der Waals surface area (Å²) in [4.78, 5) is 2.46. The summed E-state index contributed by atoms with van der Waals surface area (Å²) < 4.78 is 21.1. The van der Waals surface area contributed by atoms with Gasteiger partial charge in [-0.05, 0) is 0 Å². The van der Waals surface area contributed by atoms with E-state index in [1.54, 1.807) is 0 Å². The molecule has 48 heavy (non-hydrogen) atoms. The van der Waals surface area contributed by atoms with Gasteiger partial charge in [-0.3, -0.25) is 4.83 Å². The second-order valence-electron chi connectivity index (χ2n) is 16.4. The van der Waals surface area contributed by atoms with Crippen LogP contribution in [0.15, 0.2) is 66.9 Å². The SMILES string of the molecule is N#[N+]N1[B-](C2CCCCC2)(C2CCCCC2)n2nc(P(=O)(c3ccccc3)c3ccccc3)c[n+]2[B-]1(C1CCCCC1)C1CCCCC1. The molecular formula is C38H55B2N6OP. The number of hydrogen-bond donors (Lipinski definition) is 0. The van der Waals surface area contributed by atoms with Crippen molar-refractivity contribution in [3.8, 4) is 0 Å². The molecule has 0 atom stereocenters. The van der Waals surface area contributed by atoms with Gasteiger partial charge in [0, 0.05) is 15.7 Å². The van der Waals surface area contributed by atoms with Gasteiger partial charge in [-0.2, -0.15) is 0 Å². The van der Waals surface area contributed by atoms with E-state index in [1.165, 1.54) is 103 Å². The highest BCUT2D eigenvalue weighted by Crippen LogP contribution is 2.59. The summed E-state index contributed by atoms with van der Waals surface area (Å²) in [7, 11) is -3.31. The lowest BCUT2D eigenvalue weighted by atomic mass is 9.18. The van der Waals surface area contributed by atoms with E-state index in [2.05, 4.69) is 25.4 Å². The molecule has 0 amide bonds. The zero-order chi connectivity index (χ0) is 32.6. The van der Waals surface area contributed by atoms with Crippen LogP contribution in [0.25, 0.3) is 5.08 Å². The van der Waals surface area contributed by atoms with E-state index >= 15 is 4.57 Å². The number of benzene rings is 2. The second-order valence-corrected chi connectivity index (χ2v) is 19.1. The highest BCUT2D eigenvalue weighted by Gasteiger charge is 2.71. The molecule has 4 aliphatic carbocycles. The molecule has 0 radical (unpaired) electrons. The predicted molar refractivity (Wildman–Crippen MR) is 198 cm³/mol. The van der Waals surface area contributed by atoms with Crippen LogP contribution in [0.4, 0.5) is 0 Å². The largest absolute Gasteiger partial charge is 0.371 e. The quantitative estimate of drug-likeness (QED) is 0.144. The number of diazo groups is 1. The molecule has 7 nitrogen and oxygen atoms in total. The molecule has 1 aromatic heterocycles. The van der Waals surface area contributed by atoms with Crippen molar-refractivity contribution in [3.05, 3.63) is 71.9 Å². The van der Waals surface area contributed by atoms with E-state index in [0.717, 1.165) is 36.3 Å². The fraction of sp³-hybridized carbons (Fsp3) is 0.632. The van der Waals surface area contributed by atoms with Gasteiger partial charge in [-0.1, -0.05) is 189 Å². The monoisotopic (exact) mass is 664 g/mol. The smallest absolute Gasteiger partial charge is 0.334 e. The summed E-state index contributed by atoms with van der Waals surface area (Å²) in [5.41, 5.74) is 0.716. The standard InChI is InChI=1S/C38H55B2N6OP/c41-43-45-39(32-19-7-1-8-20-32,33-21-9-2-10-22-33)44-31-38(48(47,36-27-15-5-16-28-36)37-29-17-6-18-30-37)42-46(44)40(45,34-23-11-3-12-24-34)35-25-13-4-14-26-35/h5-6,15-18,27-35H,1-4,7-14,19-26H2. The van der Waals surface area contributed by atoms with Crippen LogP contribution in [0, 0.1) is 5.39 Å². The van der Waals surface area contributed by atoms with Gasteiger partial charge in [0.1, 0.15) is 6.20 Å². The minimum atomic E-state index is -3.31. The summed E-state index contributed by atoms with van der Waals surface area (Å²) in [6, 6.07) is 20.3. The molecule has 3 aromatic rings. The Bertz CT molecular complexity index is 1490. The number of rotatable bonds is 7. The van der Waals surface area contributed by atoms with Crippen LogP contribution in [-0.4, -0.2) is 27.5 Å². The lowest BCUT2D eigenvalue weighted by Gasteiger charge is -2.55. The molecule has 0 spiro atoms. The van der Waals surface area contributed by atoms with Crippen LogP contribution >= 0.6 is 7.14 Å². The van der Waals surface area contributed by atoms with E-state index in [0.29, 0.717) is 28.7 Å². The Labute approximate surface area is 288 Å². The maximum absolute atomic E-state index is 16.0. The van der Waals surface area contributed by atoms with E-state index in [4.69, 9.17) is 5.10 Å². The number of aromatic nitrogens is 3. The summed E-state index contributed by atoms with van der Waals surface area (Å²) >= 11 is 0. The van der Waals surface area contributed by atoms with Crippen molar-refractivity contribution in [2.75, 3.05) is 0 Å². The lowest BCUT2D eigenvalue weighted by Crippen LogP contribution is -2.76. The Morgan fingerprint density at radius 3 is 1.42 bits per heavy atom. The van der Waals surface area contributed by atoms with Gasteiger partial charge in [0.05, 0.1) is 0 Å². The Balaban J connectivity index is 1.45. The molecule has 0 saturated heterocycles. The Morgan fingerprint density at radius 1 is 0.625 bits per heavy atom. The van der Waals surface area contributed by atoms with Gasteiger partial charge in [0.15, 0.2) is 0 Å². The van der Waals surface area contributed by atoms with Crippen LogP contribution in [-0.2, 0) is 4.57 Å². The average Bonchev–Trinajstić information content (AvgIpc) is 3.72. The van der Waals surface area contributed by atoms with Crippen molar-refractivity contribution >= 4 is 36.0 Å². The zero-order valence-electron chi connectivity index (χ0n) is 29.0. The maximum atomic E-state index is 16.0. The van der Waals surface area contributed by atoms with Gasteiger partial charge in [-0.15, -0.1) is 23.3 Å². The molecule has 0 N–H and O–H groups in total. The van der Waals surface area contributed by atoms with Gasteiger partial charge >= 0.3 is 12.8 Å². The first-order valence-corrected chi connectivity index (χ1v) is 21.6. The van der Waals surface area contributed by atoms with E-state index < -0.39 is 20.0 Å². The molecule has 5 aliphatic rings. The second kappa shape index (κ2) is 13.5. The Hall–Kier alpha value is -2.84. The zero-order valence-corrected chi connectivity index (χ0v) is 29.9. The minimum absolute atomic E-state index is 0.403. The van der Waals surface area contributed by atoms with Crippen LogP contribution < -0.4 is 20.6 Å². The Kier molecular flexibility index (Phi) is 9.08. The van der Waals surface area contributed by atoms with Gasteiger partial charge in [-0.25, -0.2) is 4.71 Å². The van der Waals surface area contributed by atoms with Crippen molar-refractivity contribution in [1.82, 2.24) is 14.6 Å². The third-order valence-corrected chi connectivity index (χ3v) is 17.3. The number of hydrogen-bond acceptors (Lipinski definition) is 4. The highest BCUT2D eigenvalue weighted by atomic mass is 31.2. The number of fused-ring (bicyclic) bond motifs is 1. The van der Waals surface area contributed by atoms with Crippen molar-refractivity contribution < 1.29 is 9.16 Å². The van der Waals surface area contributed by atoms with Crippen LogP contribution in [0.3, 0.4) is 0 Å². The Morgan fingerprint density at radius 2 is 1.02 bits per heavy atom. The van der Waals surface area contributed by atoms with E-state index in [1.807, 2.05) is 60.7 Å². The molecule has 254 valence electrons. The lowest BCUT2D eigenvalue weighted by molar-refractivity contribution is -0.630. The topological polar surface area (TPSA) is 70.2 Å². The first kappa shape index (κ1) is 32.4. The van der Waals surface area contributed by atoms with Crippen LogP contribution in [0.5, 0.6) is 0 Å². The molecule has 8 rings (SSSR count). The number of nitrogens with zero attached hydrogens (tertiary/aromatic N) is 6. The average molecular weight is 664 g/mol. The van der Waals surface area contributed by atoms with E-state index in [-0.39, 0.29) is 0 Å². The normalized spacial score (nSPS) is 24.3. The molecule has 2 heterocycles. The van der Waals surface area contributed by atoms with Crippen molar-refractivity contribution in [1.29, 1.82) is 5.39 Å². The van der Waals surface area contributed by atoms with E-state index in [9.17, 15) is 5.39 Å². The third kappa shape index (κ3) is 4.90. The van der Waals surface area contributed by atoms with Gasteiger partial charge in [0.25, 0.3) is 5.44 Å². The molecular weight excluding hydrogens is 609 g/mol. The molecule has 10 heteroatoms. The predicted octanol–water partition coefficient (Wildman–Crippen LogP) is 8.81. The summed E-state index contributed by atoms with van der Waals surface area (Å²) in [5.74, 6) is 1.66. The summed E-state index contributed by atoms with van der Waals surface area (Å²) in [6.07, 6.45) is 23.5. The maximum Gasteiger partial charge on any atom is 0.334 e. The first-order valence-electron chi connectivity index (χ1n) is 19.9. The van der Waals surface area contributed by atoms with Crippen LogP contribution in [0.1, 0.15) is 128 Å². The fourth-order valence-corrected chi connectivity index (χ4v) is 15.0. The molecule has 2 aromatic carbocycles. The summed E-state index contributed by atoms with van der Waals surface area (Å²) in [5, 5.41) is 23.8. The van der Waals surface area contributed by atoms with Crippen molar-refractivity contribution in [3.63, 3.8) is 0 Å². The van der Waals surface area contributed by atoms with Crippen molar-refractivity contribution in [2.45, 2.75) is 152 Å². The molecule has 1 aliphatic heterocycles. The van der Waals surface area contributed by atoms with Crippen LogP contribution in [0.2, 0.25) is 23.3 Å². The minimum Gasteiger partial charge on any atom is -0.371 e. The molecule has 4 fully saturated rings. The molecule has 0 unspecified atom stereocenters. The van der Waals surface area contributed by atoms with Gasteiger partial charge < -0.3 is 9.16 Å². The van der Waals surface area contributed by atoms with Crippen molar-refractivity contribution in [2.24, 2.45) is 0 Å². The fourth-order valence-electron chi connectivity index (χ4n) is 12.5. The molecule has 0 bridgehead atoms. The highest BCUT2D eigenvalue weighted by molar-refractivity contribution is 7.85.